The Morgan fingerprint density at radius 3 is 2.48 bits per heavy atom. The number of fused-ring (bicyclic) bond motifs is 3. The Bertz CT molecular complexity index is 742. The zero-order chi connectivity index (χ0) is 18.5. The molecule has 6 heteroatoms. The van der Waals surface area contributed by atoms with E-state index >= 15 is 0 Å². The number of aromatic hydroxyl groups is 1. The molecule has 2 aliphatic carbocycles. The summed E-state index contributed by atoms with van der Waals surface area (Å²) in [5.41, 5.74) is 0.557. The van der Waals surface area contributed by atoms with Crippen LogP contribution in [0.2, 0.25) is 0 Å². The van der Waals surface area contributed by atoms with E-state index < -0.39 is 11.5 Å². The summed E-state index contributed by atoms with van der Waals surface area (Å²) in [6.07, 6.45) is 1.19. The van der Waals surface area contributed by atoms with E-state index in [2.05, 4.69) is 0 Å². The van der Waals surface area contributed by atoms with Gasteiger partial charge in [-0.05, 0) is 31.8 Å². The molecule has 1 aromatic carbocycles. The van der Waals surface area contributed by atoms with Crippen LogP contribution >= 0.6 is 0 Å². The number of likely N-dealkylation sites (N-methyl/N-ethyl adjacent to an activating group) is 1. The number of aliphatic hydroxyl groups is 1. The van der Waals surface area contributed by atoms with Gasteiger partial charge in [0.05, 0.1) is 20.3 Å². The summed E-state index contributed by atoms with van der Waals surface area (Å²) in [7, 11) is 6.77. The van der Waals surface area contributed by atoms with Gasteiger partial charge in [-0.1, -0.05) is 13.0 Å². The van der Waals surface area contributed by atoms with Crippen molar-refractivity contribution in [3.63, 3.8) is 0 Å². The number of aliphatic hydroxyl groups excluding tert-OH is 1. The molecule has 25 heavy (non-hydrogen) atoms. The third kappa shape index (κ3) is 2.43. The first-order chi connectivity index (χ1) is 11.8. The van der Waals surface area contributed by atoms with Crippen LogP contribution in [0.25, 0.3) is 0 Å². The number of rotatable bonds is 3. The maximum absolute atomic E-state index is 12.5. The Labute approximate surface area is 147 Å². The molecular weight excluding hydrogens is 322 g/mol. The standard InChI is InChI=1S/C19H25NO5/c1-19-9-12(21)14(25-5)8-11(19)16(20(2)3)17(22)10-6-7-13(24-4)18(23)15(10)19/h6-8,11,16-17,22-23H,9H2,1-5H3/t11?,16-,17-,19-/m1/s1. The number of Topliss-reactive ketones (excluding diaryl/α,β-unsaturated/α-hetero) is 1. The van der Waals surface area contributed by atoms with Gasteiger partial charge in [0, 0.05) is 29.4 Å². The lowest BCUT2D eigenvalue weighted by atomic mass is 9.56. The van der Waals surface area contributed by atoms with E-state index in [0.29, 0.717) is 22.6 Å². The Hall–Kier alpha value is -2.05. The predicted octanol–water partition coefficient (Wildman–Crippen LogP) is 1.75. The summed E-state index contributed by atoms with van der Waals surface area (Å²) in [4.78, 5) is 14.5. The number of phenols is 1. The van der Waals surface area contributed by atoms with E-state index in [1.165, 1.54) is 14.2 Å². The summed E-state index contributed by atoms with van der Waals surface area (Å²) >= 11 is 0. The molecule has 2 aliphatic rings. The first-order valence-corrected chi connectivity index (χ1v) is 8.30. The van der Waals surface area contributed by atoms with E-state index in [9.17, 15) is 15.0 Å². The number of ether oxygens (including phenoxy) is 2. The van der Waals surface area contributed by atoms with Gasteiger partial charge in [0.15, 0.2) is 23.0 Å². The molecule has 0 radical (unpaired) electrons. The van der Waals surface area contributed by atoms with Crippen LogP contribution in [0.1, 0.15) is 30.6 Å². The molecular formula is C19H25NO5. The zero-order valence-electron chi connectivity index (χ0n) is 15.2. The first kappa shape index (κ1) is 17.8. The number of ketones is 1. The van der Waals surface area contributed by atoms with E-state index in [-0.39, 0.29) is 29.9 Å². The number of phenolic OH excluding ortho intramolecular Hbond substituents is 1. The fraction of sp³-hybridized carbons (Fsp3) is 0.526. The average molecular weight is 347 g/mol. The van der Waals surface area contributed by atoms with Crippen molar-refractivity contribution in [1.82, 2.24) is 4.90 Å². The topological polar surface area (TPSA) is 79.2 Å². The number of nitrogens with zero attached hydrogens (tertiary/aromatic N) is 1. The Kier molecular flexibility index (Phi) is 4.29. The maximum atomic E-state index is 12.5. The van der Waals surface area contributed by atoms with Crippen molar-refractivity contribution in [1.29, 1.82) is 0 Å². The van der Waals surface area contributed by atoms with Crippen molar-refractivity contribution in [2.45, 2.75) is 30.9 Å². The van der Waals surface area contributed by atoms with Crippen molar-refractivity contribution in [2.24, 2.45) is 5.92 Å². The molecule has 0 aliphatic heterocycles. The molecule has 4 atom stereocenters. The third-order valence-corrected chi connectivity index (χ3v) is 5.66. The van der Waals surface area contributed by atoms with Gasteiger partial charge >= 0.3 is 0 Å². The van der Waals surface area contributed by atoms with Gasteiger partial charge in [-0.2, -0.15) is 0 Å². The van der Waals surface area contributed by atoms with Crippen molar-refractivity contribution in [3.8, 4) is 11.5 Å². The van der Waals surface area contributed by atoms with Crippen LogP contribution in [0.3, 0.4) is 0 Å². The lowest BCUT2D eigenvalue weighted by Crippen LogP contribution is -2.54. The number of benzene rings is 1. The van der Waals surface area contributed by atoms with Gasteiger partial charge in [-0.3, -0.25) is 4.79 Å². The highest BCUT2D eigenvalue weighted by atomic mass is 16.5. The van der Waals surface area contributed by atoms with E-state index in [1.54, 1.807) is 18.2 Å². The van der Waals surface area contributed by atoms with Crippen LogP contribution in [0.4, 0.5) is 0 Å². The lowest BCUT2D eigenvalue weighted by Gasteiger charge is -2.51. The number of hydrogen-bond acceptors (Lipinski definition) is 6. The fourth-order valence-electron chi connectivity index (χ4n) is 4.47. The number of methoxy groups -OCH3 is 2. The number of hydrogen-bond donors (Lipinski definition) is 2. The first-order valence-electron chi connectivity index (χ1n) is 8.30. The summed E-state index contributed by atoms with van der Waals surface area (Å²) in [5.74, 6) is 0.334. The quantitative estimate of drug-likeness (QED) is 0.867. The largest absolute Gasteiger partial charge is 0.504 e. The monoisotopic (exact) mass is 347 g/mol. The van der Waals surface area contributed by atoms with Crippen LogP contribution in [0.5, 0.6) is 11.5 Å². The molecule has 2 N–H and O–H groups in total. The van der Waals surface area contributed by atoms with Crippen molar-refractivity contribution < 1.29 is 24.5 Å². The second-order valence-corrected chi connectivity index (χ2v) is 7.26. The smallest absolute Gasteiger partial charge is 0.197 e. The van der Waals surface area contributed by atoms with Crippen molar-refractivity contribution in [3.05, 3.63) is 35.1 Å². The van der Waals surface area contributed by atoms with Crippen molar-refractivity contribution >= 4 is 5.78 Å². The SMILES string of the molecule is COC1=CC2[C@@H](N(C)C)[C@H](O)c3ccc(OC)c(O)c3[C@]2(C)CC1=O. The highest BCUT2D eigenvalue weighted by Gasteiger charge is 2.54. The van der Waals surface area contributed by atoms with Gasteiger partial charge < -0.3 is 24.6 Å². The predicted molar refractivity (Wildman–Crippen MR) is 92.7 cm³/mol. The molecule has 0 saturated heterocycles. The fourth-order valence-corrected chi connectivity index (χ4v) is 4.47. The van der Waals surface area contributed by atoms with E-state index in [0.717, 1.165) is 0 Å². The highest BCUT2D eigenvalue weighted by molar-refractivity contribution is 5.96. The normalized spacial score (nSPS) is 31.2. The minimum Gasteiger partial charge on any atom is -0.504 e. The number of allylic oxidation sites excluding steroid dienone is 1. The second-order valence-electron chi connectivity index (χ2n) is 7.26. The molecule has 1 unspecified atom stereocenters. The van der Waals surface area contributed by atoms with Crippen LogP contribution in [0.15, 0.2) is 24.0 Å². The molecule has 3 rings (SSSR count). The summed E-state index contributed by atoms with van der Waals surface area (Å²) < 4.78 is 10.5. The van der Waals surface area contributed by atoms with Crippen LogP contribution < -0.4 is 4.74 Å². The Balaban J connectivity index is 2.31. The number of carbonyl (C=O) groups excluding carboxylic acids is 1. The number of carbonyl (C=O) groups is 1. The van der Waals surface area contributed by atoms with Crippen LogP contribution in [0, 0.1) is 5.92 Å². The van der Waals surface area contributed by atoms with Gasteiger partial charge in [0.2, 0.25) is 0 Å². The van der Waals surface area contributed by atoms with Gasteiger partial charge in [-0.25, -0.2) is 0 Å². The summed E-state index contributed by atoms with van der Waals surface area (Å²) in [6.45, 7) is 1.96. The maximum Gasteiger partial charge on any atom is 0.197 e. The summed E-state index contributed by atoms with van der Waals surface area (Å²) in [6, 6.07) is 3.18. The molecule has 0 bridgehead atoms. The van der Waals surface area contributed by atoms with Crippen LogP contribution in [-0.2, 0) is 14.9 Å². The molecule has 1 aromatic rings. The Morgan fingerprint density at radius 2 is 1.92 bits per heavy atom. The van der Waals surface area contributed by atoms with Gasteiger partial charge in [0.25, 0.3) is 0 Å². The zero-order valence-corrected chi connectivity index (χ0v) is 15.2. The average Bonchev–Trinajstić information content (AvgIpc) is 2.55. The highest BCUT2D eigenvalue weighted by Crippen LogP contribution is 2.56. The third-order valence-electron chi connectivity index (χ3n) is 5.66. The minimum absolute atomic E-state index is 0.00850. The molecule has 0 saturated carbocycles. The van der Waals surface area contributed by atoms with Gasteiger partial charge in [-0.15, -0.1) is 0 Å². The molecule has 0 amide bonds. The second kappa shape index (κ2) is 6.04. The minimum atomic E-state index is -0.803. The molecule has 0 heterocycles. The molecule has 6 nitrogen and oxygen atoms in total. The molecule has 0 aromatic heterocycles. The lowest BCUT2D eigenvalue weighted by molar-refractivity contribution is -0.122. The van der Waals surface area contributed by atoms with E-state index in [1.807, 2.05) is 25.9 Å². The van der Waals surface area contributed by atoms with Gasteiger partial charge in [0.1, 0.15) is 0 Å². The molecule has 0 fully saturated rings. The Morgan fingerprint density at radius 1 is 1.24 bits per heavy atom. The molecule has 136 valence electrons. The summed E-state index contributed by atoms with van der Waals surface area (Å²) in [5, 5.41) is 21.8. The van der Waals surface area contributed by atoms with Crippen molar-refractivity contribution in [2.75, 3.05) is 28.3 Å². The molecule has 0 spiro atoms. The van der Waals surface area contributed by atoms with E-state index in [4.69, 9.17) is 9.47 Å². The van der Waals surface area contributed by atoms with Crippen LogP contribution in [-0.4, -0.2) is 55.3 Å².